The highest BCUT2D eigenvalue weighted by Gasteiger charge is 2.12. The molecule has 3 rings (SSSR count). The van der Waals surface area contributed by atoms with Gasteiger partial charge >= 0.3 is 0 Å². The van der Waals surface area contributed by atoms with Crippen molar-refractivity contribution in [1.29, 1.82) is 0 Å². The van der Waals surface area contributed by atoms with Crippen LogP contribution in [0.15, 0.2) is 52.1 Å². The maximum Gasteiger partial charge on any atom is 0.277 e. The molecular weight excluding hydrogens is 376 g/mol. The monoisotopic (exact) mass is 391 g/mol. The molecule has 0 aliphatic heterocycles. The summed E-state index contributed by atoms with van der Waals surface area (Å²) in [4.78, 5) is 11.9. The van der Waals surface area contributed by atoms with Crippen LogP contribution < -0.4 is 10.1 Å². The van der Waals surface area contributed by atoms with Gasteiger partial charge in [-0.15, -0.1) is 10.2 Å². The maximum absolute atomic E-state index is 13.7. The molecule has 140 valence electrons. The Hall–Kier alpha value is -2.94. The van der Waals surface area contributed by atoms with Crippen molar-refractivity contribution in [3.8, 4) is 5.75 Å². The number of hydrogen-bond donors (Lipinski definition) is 1. The zero-order valence-electron chi connectivity index (χ0n) is 14.2. The summed E-state index contributed by atoms with van der Waals surface area (Å²) < 4.78 is 37.3. The number of nitrogens with one attached hydrogen (secondary N) is 1. The molecule has 0 radical (unpaired) electrons. The fourth-order valence-corrected chi connectivity index (χ4v) is 2.65. The quantitative estimate of drug-likeness (QED) is 0.614. The molecular formula is C18H15F2N3O3S. The van der Waals surface area contributed by atoms with Gasteiger partial charge in [-0.3, -0.25) is 4.79 Å². The van der Waals surface area contributed by atoms with Crippen molar-refractivity contribution >= 4 is 23.4 Å². The Balaban J connectivity index is 1.47. The van der Waals surface area contributed by atoms with E-state index in [0.29, 0.717) is 5.75 Å². The van der Waals surface area contributed by atoms with Gasteiger partial charge in [0, 0.05) is 0 Å². The van der Waals surface area contributed by atoms with E-state index in [2.05, 4.69) is 15.5 Å². The van der Waals surface area contributed by atoms with Crippen molar-refractivity contribution in [3.63, 3.8) is 0 Å². The van der Waals surface area contributed by atoms with Gasteiger partial charge in [0.15, 0.2) is 6.61 Å². The smallest absolute Gasteiger partial charge is 0.277 e. The Morgan fingerprint density at radius 1 is 1.19 bits per heavy atom. The van der Waals surface area contributed by atoms with E-state index in [1.165, 1.54) is 36.4 Å². The summed E-state index contributed by atoms with van der Waals surface area (Å²) in [6, 6.07) is 10.1. The van der Waals surface area contributed by atoms with Crippen LogP contribution in [0.4, 0.5) is 14.5 Å². The molecule has 0 bridgehead atoms. The standard InChI is InChI=1S/C18H15F2N3O3S/c1-11-2-7-15(14(20)8-11)21-16(24)10-27-18-23-22-17(26-18)9-25-13-5-3-12(19)4-6-13/h2-8H,9-10H2,1H3,(H,21,24). The second kappa shape index (κ2) is 8.63. The summed E-state index contributed by atoms with van der Waals surface area (Å²) >= 11 is 1.02. The summed E-state index contributed by atoms with van der Waals surface area (Å²) in [6.45, 7) is 1.78. The third-order valence-electron chi connectivity index (χ3n) is 3.35. The lowest BCUT2D eigenvalue weighted by Gasteiger charge is -2.06. The van der Waals surface area contributed by atoms with Crippen LogP contribution in [0.5, 0.6) is 5.75 Å². The zero-order valence-corrected chi connectivity index (χ0v) is 15.1. The second-order valence-corrected chi connectivity index (χ2v) is 6.45. The van der Waals surface area contributed by atoms with Crippen LogP contribution in [0, 0.1) is 18.6 Å². The zero-order chi connectivity index (χ0) is 19.2. The minimum absolute atomic E-state index is 0.0139. The Morgan fingerprint density at radius 3 is 2.70 bits per heavy atom. The summed E-state index contributed by atoms with van der Waals surface area (Å²) in [5, 5.41) is 10.3. The first-order chi connectivity index (χ1) is 13.0. The van der Waals surface area contributed by atoms with Gasteiger partial charge in [0.1, 0.15) is 17.4 Å². The number of carbonyl (C=O) groups excluding carboxylic acids is 1. The number of carbonyl (C=O) groups is 1. The van der Waals surface area contributed by atoms with Gasteiger partial charge in [-0.25, -0.2) is 8.78 Å². The van der Waals surface area contributed by atoms with E-state index in [1.807, 2.05) is 0 Å². The number of ether oxygens (including phenoxy) is 1. The number of anilines is 1. The molecule has 0 unspecified atom stereocenters. The summed E-state index contributed by atoms with van der Waals surface area (Å²) in [7, 11) is 0. The number of hydrogen-bond acceptors (Lipinski definition) is 6. The van der Waals surface area contributed by atoms with Crippen LogP contribution >= 0.6 is 11.8 Å². The highest BCUT2D eigenvalue weighted by atomic mass is 32.2. The number of halogens is 2. The molecule has 0 fully saturated rings. The predicted molar refractivity (Wildman–Crippen MR) is 95.5 cm³/mol. The molecule has 1 N–H and O–H groups in total. The molecule has 0 aliphatic carbocycles. The second-order valence-electron chi connectivity index (χ2n) is 5.52. The first-order valence-electron chi connectivity index (χ1n) is 7.89. The van der Waals surface area contributed by atoms with Crippen LogP contribution in [0.3, 0.4) is 0 Å². The number of aromatic nitrogens is 2. The number of benzene rings is 2. The molecule has 0 aliphatic rings. The van der Waals surface area contributed by atoms with Gasteiger partial charge in [-0.1, -0.05) is 17.8 Å². The van der Waals surface area contributed by atoms with Gasteiger partial charge in [-0.2, -0.15) is 0 Å². The maximum atomic E-state index is 13.7. The molecule has 2 aromatic carbocycles. The first kappa shape index (κ1) is 18.8. The molecule has 0 saturated heterocycles. The molecule has 0 spiro atoms. The Bertz CT molecular complexity index is 932. The number of amides is 1. The SMILES string of the molecule is Cc1ccc(NC(=O)CSc2nnc(COc3ccc(F)cc3)o2)c(F)c1. The third-order valence-corrected chi connectivity index (χ3v) is 4.17. The predicted octanol–water partition coefficient (Wildman–Crippen LogP) is 3.97. The van der Waals surface area contributed by atoms with Gasteiger partial charge in [-0.05, 0) is 48.9 Å². The number of rotatable bonds is 7. The minimum atomic E-state index is -0.494. The van der Waals surface area contributed by atoms with Crippen LogP contribution in [-0.2, 0) is 11.4 Å². The van der Waals surface area contributed by atoms with E-state index in [9.17, 15) is 13.6 Å². The van der Waals surface area contributed by atoms with Crippen molar-refractivity contribution in [1.82, 2.24) is 10.2 Å². The average molecular weight is 391 g/mol. The topological polar surface area (TPSA) is 77.2 Å². The van der Waals surface area contributed by atoms with Crippen molar-refractivity contribution in [3.05, 3.63) is 65.6 Å². The summed E-state index contributed by atoms with van der Waals surface area (Å²) in [5.41, 5.74) is 0.881. The van der Waals surface area contributed by atoms with E-state index in [4.69, 9.17) is 9.15 Å². The van der Waals surface area contributed by atoms with Gasteiger partial charge in [0.05, 0.1) is 11.4 Å². The van der Waals surface area contributed by atoms with Crippen molar-refractivity contribution in [2.24, 2.45) is 0 Å². The third kappa shape index (κ3) is 5.52. The summed E-state index contributed by atoms with van der Waals surface area (Å²) in [6.07, 6.45) is 0. The van der Waals surface area contributed by atoms with Gasteiger partial charge < -0.3 is 14.5 Å². The largest absolute Gasteiger partial charge is 0.484 e. The number of aryl methyl sites for hydroxylation is 1. The Labute approximate surface area is 157 Å². The molecule has 3 aromatic rings. The van der Waals surface area contributed by atoms with Crippen LogP contribution in [0.25, 0.3) is 0 Å². The van der Waals surface area contributed by atoms with Gasteiger partial charge in [0.2, 0.25) is 5.91 Å². The molecule has 0 atom stereocenters. The van der Waals surface area contributed by atoms with Crippen LogP contribution in [0.2, 0.25) is 0 Å². The minimum Gasteiger partial charge on any atom is -0.484 e. The van der Waals surface area contributed by atoms with E-state index < -0.39 is 11.7 Å². The van der Waals surface area contributed by atoms with E-state index >= 15 is 0 Å². The Kier molecular flexibility index (Phi) is 6.02. The molecule has 0 saturated carbocycles. The van der Waals surface area contributed by atoms with Crippen LogP contribution in [0.1, 0.15) is 11.5 Å². The van der Waals surface area contributed by atoms with Gasteiger partial charge in [0.25, 0.3) is 11.1 Å². The molecule has 6 nitrogen and oxygen atoms in total. The highest BCUT2D eigenvalue weighted by Crippen LogP contribution is 2.20. The number of nitrogens with zero attached hydrogens (tertiary/aromatic N) is 2. The van der Waals surface area contributed by atoms with Crippen molar-refractivity contribution < 1.29 is 22.7 Å². The molecule has 1 amide bonds. The average Bonchev–Trinajstić information content (AvgIpc) is 3.10. The van der Waals surface area contributed by atoms with Crippen molar-refractivity contribution in [2.45, 2.75) is 18.8 Å². The molecule has 9 heteroatoms. The van der Waals surface area contributed by atoms with Crippen molar-refractivity contribution in [2.75, 3.05) is 11.1 Å². The molecule has 1 heterocycles. The Morgan fingerprint density at radius 2 is 1.96 bits per heavy atom. The lowest BCUT2D eigenvalue weighted by Crippen LogP contribution is -2.15. The fraction of sp³-hybridized carbons (Fsp3) is 0.167. The first-order valence-corrected chi connectivity index (χ1v) is 8.88. The fourth-order valence-electron chi connectivity index (χ4n) is 2.07. The summed E-state index contributed by atoms with van der Waals surface area (Å²) in [5.74, 6) is -0.595. The highest BCUT2D eigenvalue weighted by molar-refractivity contribution is 7.99. The molecule has 27 heavy (non-hydrogen) atoms. The molecule has 1 aromatic heterocycles. The lowest BCUT2D eigenvalue weighted by atomic mass is 10.2. The lowest BCUT2D eigenvalue weighted by molar-refractivity contribution is -0.113. The van der Waals surface area contributed by atoms with Crippen LogP contribution in [-0.4, -0.2) is 21.9 Å². The van der Waals surface area contributed by atoms with E-state index in [0.717, 1.165) is 17.3 Å². The number of thioether (sulfide) groups is 1. The van der Waals surface area contributed by atoms with E-state index in [1.54, 1.807) is 13.0 Å². The van der Waals surface area contributed by atoms with E-state index in [-0.39, 0.29) is 35.0 Å². The normalized spacial score (nSPS) is 10.6.